The molecule has 3 heteroatoms. The molecule has 2 aliphatic carbocycles. The van der Waals surface area contributed by atoms with Crippen LogP contribution in [0.25, 0.3) is 11.1 Å². The fraction of sp³-hybridized carbons (Fsp3) is 0.370. The van der Waals surface area contributed by atoms with E-state index in [4.69, 9.17) is 4.98 Å². The minimum atomic E-state index is 0.898. The Bertz CT molecular complexity index is 979. The number of likely N-dealkylation sites (N-methyl/N-ethyl adjacent to an activating group) is 1. The van der Waals surface area contributed by atoms with Gasteiger partial charge in [-0.25, -0.2) is 0 Å². The smallest absolute Gasteiger partial charge is 0.0520 e. The van der Waals surface area contributed by atoms with E-state index < -0.39 is 0 Å². The van der Waals surface area contributed by atoms with Gasteiger partial charge < -0.3 is 9.80 Å². The van der Waals surface area contributed by atoms with Gasteiger partial charge in [-0.05, 0) is 62.6 Å². The van der Waals surface area contributed by atoms with Gasteiger partial charge in [-0.15, -0.1) is 0 Å². The fourth-order valence-electron chi connectivity index (χ4n) is 4.50. The first-order valence-corrected chi connectivity index (χ1v) is 11.1. The number of pyridine rings is 1. The lowest BCUT2D eigenvalue weighted by Gasteiger charge is -2.34. The van der Waals surface area contributed by atoms with Crippen molar-refractivity contribution in [2.45, 2.75) is 33.1 Å². The second kappa shape index (κ2) is 9.01. The standard InChI is InChI=1S/C27H33N3/c1-5-8-22(17-21(3)30-15-13-29(4)14-16-30)25-11-12-27-26(25)18-23(19-28-27)24-10-7-6-9-20(24)2/h5,7-8,10-11,17-19H,3,6,9,12-16H2,1-2,4H3/b8-5-,22-17+. The Hall–Kier alpha value is -2.65. The van der Waals surface area contributed by atoms with Crippen LogP contribution in [0.3, 0.4) is 0 Å². The lowest BCUT2D eigenvalue weighted by atomic mass is 9.91. The van der Waals surface area contributed by atoms with Crippen molar-refractivity contribution < 1.29 is 0 Å². The van der Waals surface area contributed by atoms with Crippen LogP contribution in [0.1, 0.15) is 43.5 Å². The predicted octanol–water partition coefficient (Wildman–Crippen LogP) is 5.41. The van der Waals surface area contributed by atoms with E-state index >= 15 is 0 Å². The van der Waals surface area contributed by atoms with E-state index in [1.54, 1.807) is 0 Å². The molecule has 1 aliphatic heterocycles. The molecule has 30 heavy (non-hydrogen) atoms. The number of aromatic nitrogens is 1. The van der Waals surface area contributed by atoms with Crippen LogP contribution in [0.2, 0.25) is 0 Å². The van der Waals surface area contributed by atoms with Crippen molar-refractivity contribution in [1.29, 1.82) is 0 Å². The van der Waals surface area contributed by atoms with Crippen molar-refractivity contribution in [2.24, 2.45) is 0 Å². The van der Waals surface area contributed by atoms with Gasteiger partial charge in [-0.2, -0.15) is 0 Å². The first-order valence-electron chi connectivity index (χ1n) is 11.1. The van der Waals surface area contributed by atoms with Crippen LogP contribution in [0, 0.1) is 0 Å². The van der Waals surface area contributed by atoms with E-state index in [9.17, 15) is 0 Å². The third-order valence-corrected chi connectivity index (χ3v) is 6.39. The van der Waals surface area contributed by atoms with Crippen LogP contribution in [-0.4, -0.2) is 48.0 Å². The molecule has 0 saturated carbocycles. The van der Waals surface area contributed by atoms with Crippen molar-refractivity contribution in [1.82, 2.24) is 14.8 Å². The Balaban J connectivity index is 1.64. The van der Waals surface area contributed by atoms with Crippen molar-refractivity contribution in [2.75, 3.05) is 33.2 Å². The first kappa shape index (κ1) is 20.6. The molecular formula is C27H33N3. The minimum absolute atomic E-state index is 0.898. The molecule has 1 aromatic heterocycles. The first-order chi connectivity index (χ1) is 14.6. The molecule has 0 unspecified atom stereocenters. The third kappa shape index (κ3) is 4.27. The topological polar surface area (TPSA) is 19.4 Å². The maximum Gasteiger partial charge on any atom is 0.0520 e. The second-order valence-electron chi connectivity index (χ2n) is 8.56. The molecular weight excluding hydrogens is 366 g/mol. The highest BCUT2D eigenvalue weighted by molar-refractivity contribution is 5.88. The number of hydrogen-bond donors (Lipinski definition) is 0. The Morgan fingerprint density at radius 3 is 2.73 bits per heavy atom. The molecule has 3 nitrogen and oxygen atoms in total. The third-order valence-electron chi connectivity index (χ3n) is 6.39. The molecule has 0 spiro atoms. The number of hydrogen-bond acceptors (Lipinski definition) is 3. The predicted molar refractivity (Wildman–Crippen MR) is 128 cm³/mol. The average molecular weight is 400 g/mol. The average Bonchev–Trinajstić information content (AvgIpc) is 3.17. The number of fused-ring (bicyclic) bond motifs is 1. The van der Waals surface area contributed by atoms with E-state index in [0.29, 0.717) is 0 Å². The van der Waals surface area contributed by atoms with Gasteiger partial charge in [0.15, 0.2) is 0 Å². The zero-order chi connectivity index (χ0) is 21.1. The van der Waals surface area contributed by atoms with Gasteiger partial charge in [-0.1, -0.05) is 42.5 Å². The largest absolute Gasteiger partial charge is 0.369 e. The SMILES string of the molecule is C=C(/C=C(\C=C/C)C1=CCc2ncc(C3=C(C)CCC=C3)cc21)N1CCN(C)CC1. The summed E-state index contributed by atoms with van der Waals surface area (Å²) in [6.07, 6.45) is 18.7. The van der Waals surface area contributed by atoms with E-state index in [-0.39, 0.29) is 0 Å². The maximum absolute atomic E-state index is 4.83. The number of allylic oxidation sites excluding steroid dienone is 10. The molecule has 1 aromatic rings. The summed E-state index contributed by atoms with van der Waals surface area (Å²) in [6, 6.07) is 2.34. The Kier molecular flexibility index (Phi) is 6.19. The van der Waals surface area contributed by atoms with Crippen molar-refractivity contribution in [3.05, 3.63) is 89.0 Å². The number of rotatable bonds is 5. The molecule has 1 saturated heterocycles. The molecule has 0 N–H and O–H groups in total. The molecule has 156 valence electrons. The van der Waals surface area contributed by atoms with Crippen molar-refractivity contribution in [3.8, 4) is 0 Å². The fourth-order valence-corrected chi connectivity index (χ4v) is 4.50. The zero-order valence-corrected chi connectivity index (χ0v) is 18.6. The van der Waals surface area contributed by atoms with E-state index in [1.807, 2.05) is 6.20 Å². The Morgan fingerprint density at radius 1 is 1.20 bits per heavy atom. The quantitative estimate of drug-likeness (QED) is 0.617. The summed E-state index contributed by atoms with van der Waals surface area (Å²) in [5.74, 6) is 0. The summed E-state index contributed by atoms with van der Waals surface area (Å²) in [4.78, 5) is 9.60. The van der Waals surface area contributed by atoms with Crippen LogP contribution >= 0.6 is 0 Å². The van der Waals surface area contributed by atoms with Gasteiger partial charge in [0.2, 0.25) is 0 Å². The summed E-state index contributed by atoms with van der Waals surface area (Å²) in [6.45, 7) is 13.0. The van der Waals surface area contributed by atoms with Gasteiger partial charge in [0.1, 0.15) is 0 Å². The number of piperazine rings is 1. The molecule has 0 amide bonds. The molecule has 2 heterocycles. The van der Waals surface area contributed by atoms with E-state index in [1.165, 1.54) is 39.1 Å². The summed E-state index contributed by atoms with van der Waals surface area (Å²) in [7, 11) is 2.19. The highest BCUT2D eigenvalue weighted by Gasteiger charge is 2.21. The summed E-state index contributed by atoms with van der Waals surface area (Å²) >= 11 is 0. The van der Waals surface area contributed by atoms with E-state index in [0.717, 1.165) is 51.1 Å². The molecule has 0 atom stereocenters. The van der Waals surface area contributed by atoms with Gasteiger partial charge in [-0.3, -0.25) is 4.98 Å². The van der Waals surface area contributed by atoms with Crippen molar-refractivity contribution in [3.63, 3.8) is 0 Å². The van der Waals surface area contributed by atoms with Crippen LogP contribution in [0.5, 0.6) is 0 Å². The summed E-state index contributed by atoms with van der Waals surface area (Å²) < 4.78 is 0. The van der Waals surface area contributed by atoms with Crippen LogP contribution in [0.4, 0.5) is 0 Å². The lowest BCUT2D eigenvalue weighted by molar-refractivity contribution is 0.190. The maximum atomic E-state index is 4.83. The van der Waals surface area contributed by atoms with E-state index in [2.05, 4.69) is 79.8 Å². The lowest BCUT2D eigenvalue weighted by Crippen LogP contribution is -2.43. The van der Waals surface area contributed by atoms with Crippen molar-refractivity contribution >= 4 is 11.1 Å². The summed E-state index contributed by atoms with van der Waals surface area (Å²) in [5.41, 5.74) is 10.1. The highest BCUT2D eigenvalue weighted by Crippen LogP contribution is 2.36. The molecule has 0 aromatic carbocycles. The van der Waals surface area contributed by atoms with Crippen LogP contribution < -0.4 is 0 Å². The summed E-state index contributed by atoms with van der Waals surface area (Å²) in [5, 5.41) is 0. The zero-order valence-electron chi connectivity index (χ0n) is 18.6. The molecule has 1 fully saturated rings. The van der Waals surface area contributed by atoms with Crippen LogP contribution in [-0.2, 0) is 6.42 Å². The molecule has 4 rings (SSSR count). The van der Waals surface area contributed by atoms with Gasteiger partial charge in [0, 0.05) is 55.6 Å². The minimum Gasteiger partial charge on any atom is -0.369 e. The van der Waals surface area contributed by atoms with Crippen LogP contribution in [0.15, 0.2) is 72.1 Å². The molecule has 3 aliphatic rings. The molecule has 0 bridgehead atoms. The monoisotopic (exact) mass is 399 g/mol. The highest BCUT2D eigenvalue weighted by atomic mass is 15.2. The second-order valence-corrected chi connectivity index (χ2v) is 8.56. The van der Waals surface area contributed by atoms with Gasteiger partial charge >= 0.3 is 0 Å². The Morgan fingerprint density at radius 2 is 2.00 bits per heavy atom. The number of nitrogens with zero attached hydrogens (tertiary/aromatic N) is 3. The molecule has 0 radical (unpaired) electrons. The normalized spacial score (nSPS) is 20.2. The van der Waals surface area contributed by atoms with Gasteiger partial charge in [0.05, 0.1) is 5.69 Å². The van der Waals surface area contributed by atoms with Gasteiger partial charge in [0.25, 0.3) is 0 Å². The Labute approximate surface area is 181 Å².